The number of hydrogen-bond acceptors (Lipinski definition) is 7. The summed E-state index contributed by atoms with van der Waals surface area (Å²) in [7, 11) is 1.58. The maximum atomic E-state index is 12.9. The number of amides is 1. The number of rotatable bonds is 6. The number of thiocarbonyl (C=S) groups is 1. The molecule has 0 N–H and O–H groups in total. The summed E-state index contributed by atoms with van der Waals surface area (Å²) in [4.78, 5) is 26.2. The van der Waals surface area contributed by atoms with Gasteiger partial charge in [0.25, 0.3) is 5.91 Å². The van der Waals surface area contributed by atoms with E-state index in [2.05, 4.69) is 0 Å². The Hall–Kier alpha value is -2.84. The van der Waals surface area contributed by atoms with Crippen molar-refractivity contribution >= 4 is 51.9 Å². The van der Waals surface area contributed by atoms with E-state index in [9.17, 15) is 9.59 Å². The van der Waals surface area contributed by atoms with Crippen LogP contribution in [-0.4, -0.2) is 29.9 Å². The van der Waals surface area contributed by atoms with Gasteiger partial charge in [-0.15, -0.1) is 0 Å². The van der Waals surface area contributed by atoms with Crippen molar-refractivity contribution in [1.29, 1.82) is 0 Å². The van der Waals surface area contributed by atoms with Crippen LogP contribution in [0.2, 0.25) is 0 Å². The molecule has 1 aliphatic heterocycles. The first-order chi connectivity index (χ1) is 13.9. The summed E-state index contributed by atoms with van der Waals surface area (Å²) in [5.41, 5.74) is 1.41. The van der Waals surface area contributed by atoms with Crippen LogP contribution in [0.15, 0.2) is 47.4 Å². The molecule has 0 aromatic heterocycles. The maximum Gasteiger partial charge on any atom is 0.308 e. The molecule has 150 valence electrons. The molecule has 29 heavy (non-hydrogen) atoms. The number of hydrogen-bond donors (Lipinski definition) is 0. The molecule has 0 bridgehead atoms. The second-order valence-corrected chi connectivity index (χ2v) is 7.62. The van der Waals surface area contributed by atoms with Gasteiger partial charge in [-0.2, -0.15) is 0 Å². The zero-order valence-electron chi connectivity index (χ0n) is 16.1. The molecular weight excluding hydrogens is 410 g/mol. The molecule has 2 aromatic carbocycles. The second kappa shape index (κ2) is 9.11. The molecule has 1 saturated heterocycles. The van der Waals surface area contributed by atoms with Crippen molar-refractivity contribution in [3.63, 3.8) is 0 Å². The van der Waals surface area contributed by atoms with Crippen LogP contribution in [0.3, 0.4) is 0 Å². The van der Waals surface area contributed by atoms with Crippen LogP contribution in [0, 0.1) is 0 Å². The Bertz CT molecular complexity index is 985. The van der Waals surface area contributed by atoms with E-state index in [-0.39, 0.29) is 5.91 Å². The van der Waals surface area contributed by atoms with E-state index in [0.29, 0.717) is 38.8 Å². The fourth-order valence-electron chi connectivity index (χ4n) is 2.69. The number of nitrogens with zero attached hydrogens (tertiary/aromatic N) is 1. The number of thioether (sulfide) groups is 1. The summed E-state index contributed by atoms with van der Waals surface area (Å²) in [5.74, 6) is 0.835. The number of ether oxygens (including phenoxy) is 3. The van der Waals surface area contributed by atoms with Crippen molar-refractivity contribution in [2.45, 2.75) is 13.8 Å². The van der Waals surface area contributed by atoms with Gasteiger partial charge < -0.3 is 14.2 Å². The van der Waals surface area contributed by atoms with E-state index in [4.69, 9.17) is 26.4 Å². The van der Waals surface area contributed by atoms with E-state index in [1.54, 1.807) is 55.7 Å². The van der Waals surface area contributed by atoms with Crippen molar-refractivity contribution in [3.05, 3.63) is 52.9 Å². The Morgan fingerprint density at radius 2 is 1.90 bits per heavy atom. The van der Waals surface area contributed by atoms with Crippen LogP contribution in [0.4, 0.5) is 5.69 Å². The van der Waals surface area contributed by atoms with E-state index < -0.39 is 5.97 Å². The smallest absolute Gasteiger partial charge is 0.308 e. The molecule has 0 spiro atoms. The minimum atomic E-state index is -0.431. The van der Waals surface area contributed by atoms with Crippen molar-refractivity contribution in [2.75, 3.05) is 18.6 Å². The zero-order valence-corrected chi connectivity index (χ0v) is 17.8. The summed E-state index contributed by atoms with van der Waals surface area (Å²) >= 11 is 6.63. The number of anilines is 1. The van der Waals surface area contributed by atoms with Gasteiger partial charge in [-0.1, -0.05) is 30.0 Å². The van der Waals surface area contributed by atoms with Gasteiger partial charge in [0.05, 0.1) is 24.3 Å². The van der Waals surface area contributed by atoms with Crippen molar-refractivity contribution in [2.24, 2.45) is 0 Å². The second-order valence-electron chi connectivity index (χ2n) is 5.95. The van der Waals surface area contributed by atoms with Crippen LogP contribution >= 0.6 is 24.0 Å². The van der Waals surface area contributed by atoms with Gasteiger partial charge in [0.1, 0.15) is 5.75 Å². The fraction of sp³-hybridized carbons (Fsp3) is 0.190. The van der Waals surface area contributed by atoms with Gasteiger partial charge in [0.2, 0.25) is 0 Å². The van der Waals surface area contributed by atoms with E-state index in [0.717, 1.165) is 5.56 Å². The predicted octanol–water partition coefficient (Wildman–Crippen LogP) is 4.43. The molecular formula is C21H19NO5S2. The highest BCUT2D eigenvalue weighted by atomic mass is 32.2. The monoisotopic (exact) mass is 429 g/mol. The van der Waals surface area contributed by atoms with Gasteiger partial charge in [-0.3, -0.25) is 14.5 Å². The molecule has 2 aromatic rings. The standard InChI is InChI=1S/C21H19NO5S2/c1-4-26-18-11-14(5-10-17(18)27-13(2)23)12-19-20(24)22(21(28)29-19)15-6-8-16(25-3)9-7-15/h5-12H,4H2,1-3H3/b19-12-. The summed E-state index contributed by atoms with van der Waals surface area (Å²) < 4.78 is 16.3. The third-order valence-corrected chi connectivity index (χ3v) is 5.25. The Balaban J connectivity index is 1.88. The lowest BCUT2D eigenvalue weighted by molar-refractivity contribution is -0.132. The van der Waals surface area contributed by atoms with Gasteiger partial charge in [0, 0.05) is 6.92 Å². The summed E-state index contributed by atoms with van der Waals surface area (Å²) in [6, 6.07) is 12.2. The van der Waals surface area contributed by atoms with E-state index in [1.807, 2.05) is 6.92 Å². The van der Waals surface area contributed by atoms with Gasteiger partial charge in [0.15, 0.2) is 15.8 Å². The molecule has 0 atom stereocenters. The molecule has 0 radical (unpaired) electrons. The Morgan fingerprint density at radius 3 is 2.52 bits per heavy atom. The first-order valence-electron chi connectivity index (χ1n) is 8.80. The number of carbonyl (C=O) groups excluding carboxylic acids is 2. The SMILES string of the molecule is CCOc1cc(/C=C2\SC(=S)N(c3ccc(OC)cc3)C2=O)ccc1OC(C)=O. The largest absolute Gasteiger partial charge is 0.497 e. The highest BCUT2D eigenvalue weighted by Crippen LogP contribution is 2.37. The average molecular weight is 430 g/mol. The summed E-state index contributed by atoms with van der Waals surface area (Å²) in [5, 5.41) is 0. The normalized spacial score (nSPS) is 15.0. The highest BCUT2D eigenvalue weighted by Gasteiger charge is 2.33. The number of esters is 1. The number of methoxy groups -OCH3 is 1. The van der Waals surface area contributed by atoms with Gasteiger partial charge in [-0.05, 0) is 55.0 Å². The zero-order chi connectivity index (χ0) is 21.0. The lowest BCUT2D eigenvalue weighted by atomic mass is 10.1. The first kappa shape index (κ1) is 20.9. The number of benzene rings is 2. The van der Waals surface area contributed by atoms with E-state index >= 15 is 0 Å². The van der Waals surface area contributed by atoms with E-state index in [1.165, 1.54) is 23.6 Å². The predicted molar refractivity (Wildman–Crippen MR) is 118 cm³/mol. The van der Waals surface area contributed by atoms with Crippen molar-refractivity contribution in [1.82, 2.24) is 0 Å². The molecule has 1 aliphatic rings. The summed E-state index contributed by atoms with van der Waals surface area (Å²) in [6.07, 6.45) is 1.74. The average Bonchev–Trinajstić information content (AvgIpc) is 2.97. The molecule has 1 heterocycles. The topological polar surface area (TPSA) is 65.1 Å². The van der Waals surface area contributed by atoms with Crippen LogP contribution in [0.5, 0.6) is 17.2 Å². The molecule has 1 amide bonds. The third-order valence-electron chi connectivity index (χ3n) is 3.94. The van der Waals surface area contributed by atoms with Crippen LogP contribution in [0.1, 0.15) is 19.4 Å². The van der Waals surface area contributed by atoms with Crippen LogP contribution in [0.25, 0.3) is 6.08 Å². The molecule has 3 rings (SSSR count). The number of carbonyl (C=O) groups is 2. The van der Waals surface area contributed by atoms with Crippen LogP contribution < -0.4 is 19.1 Å². The first-order valence-corrected chi connectivity index (χ1v) is 10.0. The molecule has 1 fully saturated rings. The Morgan fingerprint density at radius 1 is 1.17 bits per heavy atom. The van der Waals surface area contributed by atoms with Gasteiger partial charge in [-0.25, -0.2) is 0 Å². The minimum absolute atomic E-state index is 0.202. The van der Waals surface area contributed by atoms with Crippen LogP contribution in [-0.2, 0) is 9.59 Å². The quantitative estimate of drug-likeness (QED) is 0.291. The fourth-order valence-corrected chi connectivity index (χ4v) is 3.99. The molecule has 8 heteroatoms. The summed E-state index contributed by atoms with van der Waals surface area (Å²) in [6.45, 7) is 3.58. The third kappa shape index (κ3) is 4.78. The minimum Gasteiger partial charge on any atom is -0.497 e. The van der Waals surface area contributed by atoms with Crippen molar-refractivity contribution < 1.29 is 23.8 Å². The van der Waals surface area contributed by atoms with Gasteiger partial charge >= 0.3 is 5.97 Å². The molecule has 6 nitrogen and oxygen atoms in total. The molecule has 0 aliphatic carbocycles. The lowest BCUT2D eigenvalue weighted by Crippen LogP contribution is -2.27. The molecule has 0 unspecified atom stereocenters. The molecule has 0 saturated carbocycles. The highest BCUT2D eigenvalue weighted by molar-refractivity contribution is 8.27. The Labute approximate surface area is 178 Å². The van der Waals surface area contributed by atoms with Crippen molar-refractivity contribution in [3.8, 4) is 17.2 Å². The maximum absolute atomic E-state index is 12.9. The lowest BCUT2D eigenvalue weighted by Gasteiger charge is -2.14. The Kier molecular flexibility index (Phi) is 6.56.